The van der Waals surface area contributed by atoms with Crippen LogP contribution in [0.4, 0.5) is 0 Å². The third-order valence-electron chi connectivity index (χ3n) is 2.30. The molecule has 9 heteroatoms. The number of aliphatic carboxylic acids is 1. The lowest BCUT2D eigenvalue weighted by Crippen LogP contribution is -2.17. The zero-order valence-corrected chi connectivity index (χ0v) is 13.3. The van der Waals surface area contributed by atoms with E-state index in [-0.39, 0.29) is 21.7 Å². The standard InChI is InChI=1S/C12H7Cl2NO4S2/c13-6-1-5(3-8-11(18)15-12(20)21-8)2-7(14)10(6)19-4-9(16)17/h1-3H,4H2,(H,16,17)(H,15,18,20)/b8-3-. The molecule has 1 aliphatic heterocycles. The molecule has 1 heterocycles. The Balaban J connectivity index is 2.27. The van der Waals surface area contributed by atoms with Crippen LogP contribution in [0.25, 0.3) is 6.08 Å². The predicted molar refractivity (Wildman–Crippen MR) is 85.9 cm³/mol. The number of halogens is 2. The van der Waals surface area contributed by atoms with Crippen molar-refractivity contribution >= 4 is 69.5 Å². The Hall–Kier alpha value is -1.28. The summed E-state index contributed by atoms with van der Waals surface area (Å²) in [6, 6.07) is 3.04. The van der Waals surface area contributed by atoms with E-state index in [2.05, 4.69) is 5.32 Å². The molecule has 1 amide bonds. The molecule has 2 N–H and O–H groups in total. The van der Waals surface area contributed by atoms with E-state index < -0.39 is 12.6 Å². The number of carbonyl (C=O) groups is 2. The van der Waals surface area contributed by atoms with Gasteiger partial charge in [-0.25, -0.2) is 4.79 Å². The van der Waals surface area contributed by atoms with Gasteiger partial charge in [-0.2, -0.15) is 0 Å². The van der Waals surface area contributed by atoms with E-state index in [1.165, 1.54) is 12.1 Å². The number of amides is 1. The van der Waals surface area contributed by atoms with Gasteiger partial charge in [0.25, 0.3) is 5.91 Å². The summed E-state index contributed by atoms with van der Waals surface area (Å²) in [7, 11) is 0. The van der Waals surface area contributed by atoms with E-state index >= 15 is 0 Å². The molecule has 0 aromatic heterocycles. The van der Waals surface area contributed by atoms with E-state index in [1.54, 1.807) is 6.08 Å². The van der Waals surface area contributed by atoms with Crippen molar-refractivity contribution in [3.63, 3.8) is 0 Å². The average Bonchev–Trinajstić information content (AvgIpc) is 2.66. The number of benzene rings is 1. The molecule has 0 unspecified atom stereocenters. The summed E-state index contributed by atoms with van der Waals surface area (Å²) in [5.74, 6) is -1.34. The van der Waals surface area contributed by atoms with Crippen molar-refractivity contribution in [2.45, 2.75) is 0 Å². The molecule has 0 atom stereocenters. The Morgan fingerprint density at radius 3 is 2.52 bits per heavy atom. The van der Waals surface area contributed by atoms with Gasteiger partial charge in [-0.15, -0.1) is 0 Å². The second kappa shape index (κ2) is 6.65. The van der Waals surface area contributed by atoms with Crippen molar-refractivity contribution < 1.29 is 19.4 Å². The van der Waals surface area contributed by atoms with Gasteiger partial charge in [-0.1, -0.05) is 47.2 Å². The van der Waals surface area contributed by atoms with Crippen LogP contribution in [-0.4, -0.2) is 27.9 Å². The highest BCUT2D eigenvalue weighted by atomic mass is 35.5. The number of carboxylic acids is 1. The van der Waals surface area contributed by atoms with Gasteiger partial charge in [-0.05, 0) is 23.8 Å². The average molecular weight is 364 g/mol. The van der Waals surface area contributed by atoms with Crippen LogP contribution in [0.15, 0.2) is 17.0 Å². The van der Waals surface area contributed by atoms with E-state index in [4.69, 9.17) is 45.3 Å². The van der Waals surface area contributed by atoms with Crippen LogP contribution in [0.3, 0.4) is 0 Å². The fraction of sp³-hybridized carbons (Fsp3) is 0.0833. The number of hydrogen-bond donors (Lipinski definition) is 2. The Kier molecular flexibility index (Phi) is 5.10. The van der Waals surface area contributed by atoms with Gasteiger partial charge in [-0.3, -0.25) is 4.79 Å². The SMILES string of the molecule is O=C(O)COc1c(Cl)cc(/C=C2\SC(=S)NC2=O)cc1Cl. The molecule has 110 valence electrons. The first-order valence-electron chi connectivity index (χ1n) is 5.45. The van der Waals surface area contributed by atoms with E-state index in [1.807, 2.05) is 0 Å². The normalized spacial score (nSPS) is 16.2. The molecular formula is C12H7Cl2NO4S2. The number of thiocarbonyl (C=S) groups is 1. The summed E-state index contributed by atoms with van der Waals surface area (Å²) in [5, 5.41) is 11.4. The summed E-state index contributed by atoms with van der Waals surface area (Å²) in [5.41, 5.74) is 0.579. The van der Waals surface area contributed by atoms with Crippen LogP contribution in [0, 0.1) is 0 Å². The van der Waals surface area contributed by atoms with Crippen LogP contribution in [-0.2, 0) is 9.59 Å². The number of carboxylic acid groups (broad SMARTS) is 1. The molecule has 1 aliphatic rings. The minimum atomic E-state index is -1.14. The van der Waals surface area contributed by atoms with Crippen molar-refractivity contribution in [3.8, 4) is 5.75 Å². The topological polar surface area (TPSA) is 75.6 Å². The number of nitrogens with one attached hydrogen (secondary N) is 1. The van der Waals surface area contributed by atoms with Crippen LogP contribution in [0.2, 0.25) is 10.0 Å². The lowest BCUT2D eigenvalue weighted by atomic mass is 10.2. The van der Waals surface area contributed by atoms with Crippen LogP contribution in [0.5, 0.6) is 5.75 Å². The second-order valence-corrected chi connectivity index (χ2v) is 6.38. The van der Waals surface area contributed by atoms with E-state index in [0.29, 0.717) is 14.8 Å². The minimum Gasteiger partial charge on any atom is -0.479 e. The largest absolute Gasteiger partial charge is 0.479 e. The molecule has 0 bridgehead atoms. The van der Waals surface area contributed by atoms with E-state index in [0.717, 1.165) is 11.8 Å². The molecule has 1 aromatic rings. The van der Waals surface area contributed by atoms with Crippen molar-refractivity contribution in [2.24, 2.45) is 0 Å². The molecule has 1 saturated heterocycles. The van der Waals surface area contributed by atoms with Gasteiger partial charge in [0.2, 0.25) is 0 Å². The van der Waals surface area contributed by atoms with Crippen LogP contribution >= 0.6 is 47.2 Å². The Morgan fingerprint density at radius 2 is 2.05 bits per heavy atom. The molecular weight excluding hydrogens is 357 g/mol. The van der Waals surface area contributed by atoms with Crippen molar-refractivity contribution in [1.82, 2.24) is 5.32 Å². The number of thioether (sulfide) groups is 1. The maximum absolute atomic E-state index is 11.6. The van der Waals surface area contributed by atoms with Crippen molar-refractivity contribution in [2.75, 3.05) is 6.61 Å². The highest BCUT2D eigenvalue weighted by molar-refractivity contribution is 8.26. The van der Waals surface area contributed by atoms with Gasteiger partial charge < -0.3 is 15.2 Å². The van der Waals surface area contributed by atoms with Gasteiger partial charge in [0.15, 0.2) is 12.4 Å². The Bertz CT molecular complexity index is 652. The monoisotopic (exact) mass is 363 g/mol. The molecule has 0 spiro atoms. The Morgan fingerprint density at radius 1 is 1.43 bits per heavy atom. The molecule has 0 aliphatic carbocycles. The number of ether oxygens (including phenoxy) is 1. The van der Waals surface area contributed by atoms with Gasteiger partial charge in [0.1, 0.15) is 4.32 Å². The van der Waals surface area contributed by atoms with Crippen LogP contribution < -0.4 is 10.1 Å². The third-order valence-corrected chi connectivity index (χ3v) is 4.02. The van der Waals surface area contributed by atoms with Crippen molar-refractivity contribution in [3.05, 3.63) is 32.6 Å². The molecule has 5 nitrogen and oxygen atoms in total. The fourth-order valence-electron chi connectivity index (χ4n) is 1.51. The lowest BCUT2D eigenvalue weighted by Gasteiger charge is -2.09. The molecule has 1 fully saturated rings. The number of carbonyl (C=O) groups excluding carboxylic acids is 1. The first-order valence-corrected chi connectivity index (χ1v) is 7.43. The first kappa shape index (κ1) is 16.1. The zero-order chi connectivity index (χ0) is 15.6. The second-order valence-electron chi connectivity index (χ2n) is 3.85. The minimum absolute atomic E-state index is 0.0851. The number of rotatable bonds is 4. The van der Waals surface area contributed by atoms with Gasteiger partial charge in [0, 0.05) is 0 Å². The predicted octanol–water partition coefficient (Wildman–Crippen LogP) is 2.95. The van der Waals surface area contributed by atoms with Gasteiger partial charge in [0.05, 0.1) is 15.0 Å². The summed E-state index contributed by atoms with van der Waals surface area (Å²) >= 11 is 18.0. The summed E-state index contributed by atoms with van der Waals surface area (Å²) in [6.45, 7) is -0.549. The van der Waals surface area contributed by atoms with Gasteiger partial charge >= 0.3 is 5.97 Å². The molecule has 1 aromatic carbocycles. The molecule has 2 rings (SSSR count). The lowest BCUT2D eigenvalue weighted by molar-refractivity contribution is -0.139. The number of hydrogen-bond acceptors (Lipinski definition) is 5. The Labute approximate surface area is 139 Å². The highest BCUT2D eigenvalue weighted by Crippen LogP contribution is 2.36. The highest BCUT2D eigenvalue weighted by Gasteiger charge is 2.22. The summed E-state index contributed by atoms with van der Waals surface area (Å²) in [6.07, 6.45) is 1.58. The maximum Gasteiger partial charge on any atom is 0.341 e. The quantitative estimate of drug-likeness (QED) is 0.632. The zero-order valence-electron chi connectivity index (χ0n) is 10.2. The summed E-state index contributed by atoms with van der Waals surface area (Å²) < 4.78 is 5.38. The van der Waals surface area contributed by atoms with E-state index in [9.17, 15) is 9.59 Å². The third kappa shape index (κ3) is 4.10. The molecule has 0 radical (unpaired) electrons. The molecule has 0 saturated carbocycles. The van der Waals surface area contributed by atoms with Crippen LogP contribution in [0.1, 0.15) is 5.56 Å². The fourth-order valence-corrected chi connectivity index (χ4v) is 3.16. The first-order chi connectivity index (χ1) is 9.86. The smallest absolute Gasteiger partial charge is 0.341 e. The molecule has 21 heavy (non-hydrogen) atoms. The summed E-state index contributed by atoms with van der Waals surface area (Å²) in [4.78, 5) is 22.5. The van der Waals surface area contributed by atoms with Crippen molar-refractivity contribution in [1.29, 1.82) is 0 Å². The maximum atomic E-state index is 11.6.